The van der Waals surface area contributed by atoms with Gasteiger partial charge in [0.25, 0.3) is 0 Å². The fourth-order valence-electron chi connectivity index (χ4n) is 0.718. The third-order valence-corrected chi connectivity index (χ3v) is 1.39. The number of carbonyl (C=O) groups excluding carboxylic acids is 1. The van der Waals surface area contributed by atoms with E-state index in [0.717, 1.165) is 6.42 Å². The Hall–Kier alpha value is -1.64. The van der Waals surface area contributed by atoms with Crippen LogP contribution in [0.3, 0.4) is 0 Å². The maximum absolute atomic E-state index is 10.7. The maximum Gasteiger partial charge on any atom is 0.243 e. The molecule has 0 aromatic heterocycles. The molecular weight excluding hydrogens is 176 g/mol. The van der Waals surface area contributed by atoms with Crippen LogP contribution in [-0.2, 0) is 4.79 Å². The summed E-state index contributed by atoms with van der Waals surface area (Å²) in [6.45, 7) is 8.22. The number of aliphatic imine (C=N–C) groups is 1. The molecule has 0 saturated heterocycles. The van der Waals surface area contributed by atoms with Crippen molar-refractivity contribution >= 4 is 12.1 Å². The molecule has 0 fully saturated rings. The molecule has 0 aliphatic heterocycles. The lowest BCUT2D eigenvalue weighted by molar-refractivity contribution is -0.116. The summed E-state index contributed by atoms with van der Waals surface area (Å²) in [5, 5.41) is 2.67. The number of rotatable bonds is 7. The lowest BCUT2D eigenvalue weighted by atomic mass is 10.4. The fourth-order valence-corrected chi connectivity index (χ4v) is 0.718. The van der Waals surface area contributed by atoms with E-state index in [0.29, 0.717) is 13.1 Å². The van der Waals surface area contributed by atoms with E-state index in [9.17, 15) is 4.79 Å². The highest BCUT2D eigenvalue weighted by Gasteiger charge is 1.90. The molecule has 0 heterocycles. The van der Waals surface area contributed by atoms with Gasteiger partial charge in [0.15, 0.2) is 0 Å². The zero-order valence-electron chi connectivity index (χ0n) is 8.28. The minimum atomic E-state index is -0.138. The second-order valence-electron chi connectivity index (χ2n) is 2.52. The Morgan fingerprint density at radius 2 is 2.14 bits per heavy atom. The standard InChI is InChI=1S/C11H16N2O/c1-3-5-6-8-12-9-7-10-13-11(14)4-2/h3-6,8H,1-2,7,9-10H2,(H,13,14)/b6-5-,12-8?. The van der Waals surface area contributed by atoms with Crippen molar-refractivity contribution in [3.63, 3.8) is 0 Å². The van der Waals surface area contributed by atoms with E-state index in [4.69, 9.17) is 0 Å². The van der Waals surface area contributed by atoms with E-state index >= 15 is 0 Å². The maximum atomic E-state index is 10.7. The van der Waals surface area contributed by atoms with Crippen molar-refractivity contribution in [2.24, 2.45) is 4.99 Å². The predicted octanol–water partition coefficient (Wildman–Crippen LogP) is 1.49. The van der Waals surface area contributed by atoms with Gasteiger partial charge in [-0.3, -0.25) is 9.79 Å². The first-order chi connectivity index (χ1) is 6.81. The number of hydrogen-bond donors (Lipinski definition) is 1. The van der Waals surface area contributed by atoms with E-state index in [-0.39, 0.29) is 5.91 Å². The molecule has 0 radical (unpaired) electrons. The molecule has 3 nitrogen and oxygen atoms in total. The van der Waals surface area contributed by atoms with Crippen molar-refractivity contribution in [2.75, 3.05) is 13.1 Å². The number of hydrogen-bond acceptors (Lipinski definition) is 2. The monoisotopic (exact) mass is 192 g/mol. The van der Waals surface area contributed by atoms with Crippen LogP contribution in [0.4, 0.5) is 0 Å². The third kappa shape index (κ3) is 8.46. The number of nitrogens with zero attached hydrogens (tertiary/aromatic N) is 1. The second-order valence-corrected chi connectivity index (χ2v) is 2.52. The molecule has 1 N–H and O–H groups in total. The molecule has 0 aromatic rings. The molecule has 0 spiro atoms. The highest BCUT2D eigenvalue weighted by atomic mass is 16.1. The molecule has 1 amide bonds. The number of amides is 1. The van der Waals surface area contributed by atoms with E-state index in [2.05, 4.69) is 23.5 Å². The van der Waals surface area contributed by atoms with Gasteiger partial charge in [0.1, 0.15) is 0 Å². The summed E-state index contributed by atoms with van der Waals surface area (Å²) in [6.07, 6.45) is 9.12. The van der Waals surface area contributed by atoms with Gasteiger partial charge in [-0.25, -0.2) is 0 Å². The van der Waals surface area contributed by atoms with Crippen molar-refractivity contribution in [2.45, 2.75) is 6.42 Å². The van der Waals surface area contributed by atoms with Crippen LogP contribution in [0.2, 0.25) is 0 Å². The van der Waals surface area contributed by atoms with Crippen molar-refractivity contribution < 1.29 is 4.79 Å². The molecule has 0 aromatic carbocycles. The van der Waals surface area contributed by atoms with E-state index in [1.165, 1.54) is 6.08 Å². The summed E-state index contributed by atoms with van der Waals surface area (Å²) < 4.78 is 0. The van der Waals surface area contributed by atoms with Crippen LogP contribution in [0, 0.1) is 0 Å². The summed E-state index contributed by atoms with van der Waals surface area (Å²) in [5.41, 5.74) is 0. The van der Waals surface area contributed by atoms with Gasteiger partial charge in [-0.1, -0.05) is 25.3 Å². The van der Waals surface area contributed by atoms with Gasteiger partial charge in [0.05, 0.1) is 0 Å². The van der Waals surface area contributed by atoms with Crippen molar-refractivity contribution in [3.8, 4) is 0 Å². The largest absolute Gasteiger partial charge is 0.353 e. The Bertz CT molecular complexity index is 242. The van der Waals surface area contributed by atoms with Crippen molar-refractivity contribution in [1.82, 2.24) is 5.32 Å². The topological polar surface area (TPSA) is 41.5 Å². The second kappa shape index (κ2) is 9.45. The van der Waals surface area contributed by atoms with Gasteiger partial charge >= 0.3 is 0 Å². The SMILES string of the molecule is C=C/C=C\C=NCCCNC(=O)C=C. The van der Waals surface area contributed by atoms with Crippen LogP contribution in [0.5, 0.6) is 0 Å². The van der Waals surface area contributed by atoms with Gasteiger partial charge in [-0.2, -0.15) is 0 Å². The minimum absolute atomic E-state index is 0.138. The lowest BCUT2D eigenvalue weighted by Crippen LogP contribution is -2.22. The first-order valence-corrected chi connectivity index (χ1v) is 4.49. The first kappa shape index (κ1) is 12.4. The van der Waals surface area contributed by atoms with E-state index in [1.807, 2.05) is 12.2 Å². The Kier molecular flexibility index (Phi) is 8.34. The van der Waals surface area contributed by atoms with Crippen LogP contribution in [0.1, 0.15) is 6.42 Å². The van der Waals surface area contributed by atoms with Crippen molar-refractivity contribution in [1.29, 1.82) is 0 Å². The zero-order chi connectivity index (χ0) is 10.6. The Morgan fingerprint density at radius 1 is 1.36 bits per heavy atom. The average molecular weight is 192 g/mol. The quantitative estimate of drug-likeness (QED) is 0.282. The Balaban J connectivity index is 3.33. The Labute approximate surface area is 84.9 Å². The number of nitrogens with one attached hydrogen (secondary N) is 1. The Morgan fingerprint density at radius 3 is 2.79 bits per heavy atom. The molecule has 76 valence electrons. The fraction of sp³-hybridized carbons (Fsp3) is 0.273. The molecule has 14 heavy (non-hydrogen) atoms. The molecule has 0 unspecified atom stereocenters. The third-order valence-electron chi connectivity index (χ3n) is 1.39. The molecule has 0 bridgehead atoms. The van der Waals surface area contributed by atoms with Crippen LogP contribution in [0.15, 0.2) is 42.5 Å². The van der Waals surface area contributed by atoms with Gasteiger partial charge in [0.2, 0.25) is 5.91 Å². The van der Waals surface area contributed by atoms with Crippen LogP contribution < -0.4 is 5.32 Å². The van der Waals surface area contributed by atoms with Crippen molar-refractivity contribution in [3.05, 3.63) is 37.5 Å². The summed E-state index contributed by atoms with van der Waals surface area (Å²) in [7, 11) is 0. The van der Waals surface area contributed by atoms with Gasteiger partial charge in [-0.05, 0) is 18.6 Å². The average Bonchev–Trinajstić information content (AvgIpc) is 2.21. The summed E-state index contributed by atoms with van der Waals surface area (Å²) in [4.78, 5) is 14.8. The smallest absolute Gasteiger partial charge is 0.243 e. The molecule has 0 aliphatic carbocycles. The molecule has 3 heteroatoms. The predicted molar refractivity (Wildman–Crippen MR) is 60.5 cm³/mol. The normalized spacial score (nSPS) is 10.6. The number of allylic oxidation sites excluding steroid dienone is 3. The molecule has 0 saturated carbocycles. The van der Waals surface area contributed by atoms with Crippen LogP contribution in [-0.4, -0.2) is 25.2 Å². The highest BCUT2D eigenvalue weighted by molar-refractivity contribution is 5.86. The van der Waals surface area contributed by atoms with Crippen LogP contribution >= 0.6 is 0 Å². The van der Waals surface area contributed by atoms with E-state index < -0.39 is 0 Å². The van der Waals surface area contributed by atoms with Gasteiger partial charge in [0, 0.05) is 19.3 Å². The van der Waals surface area contributed by atoms with Gasteiger partial charge < -0.3 is 5.32 Å². The van der Waals surface area contributed by atoms with Gasteiger partial charge in [-0.15, -0.1) is 0 Å². The summed E-state index contributed by atoms with van der Waals surface area (Å²) in [6, 6.07) is 0. The molecule has 0 atom stereocenters. The molecular formula is C11H16N2O. The van der Waals surface area contributed by atoms with Crippen LogP contribution in [0.25, 0.3) is 0 Å². The summed E-state index contributed by atoms with van der Waals surface area (Å²) >= 11 is 0. The highest BCUT2D eigenvalue weighted by Crippen LogP contribution is 1.79. The molecule has 0 rings (SSSR count). The first-order valence-electron chi connectivity index (χ1n) is 4.49. The van der Waals surface area contributed by atoms with E-state index in [1.54, 1.807) is 12.3 Å². The minimum Gasteiger partial charge on any atom is -0.353 e. The summed E-state index contributed by atoms with van der Waals surface area (Å²) in [5.74, 6) is -0.138. The molecule has 0 aliphatic rings. The number of carbonyl (C=O) groups is 1. The lowest BCUT2D eigenvalue weighted by Gasteiger charge is -1.98. The zero-order valence-corrected chi connectivity index (χ0v) is 8.28.